The van der Waals surface area contributed by atoms with E-state index >= 15 is 0 Å². The molecule has 2 atom stereocenters. The number of carbonyl (C=O) groups is 1. The van der Waals surface area contributed by atoms with Crippen molar-refractivity contribution in [2.24, 2.45) is 11.8 Å². The molecular formula is C15H28N2O2. The SMILES string of the molecule is CC1CCCC(O)(CNC(=O)CC2CCNCC2)C1. The Balaban J connectivity index is 1.70. The topological polar surface area (TPSA) is 61.4 Å². The Kier molecular flexibility index (Phi) is 5.22. The Morgan fingerprint density at radius 3 is 2.79 bits per heavy atom. The zero-order valence-corrected chi connectivity index (χ0v) is 12.1. The lowest BCUT2D eigenvalue weighted by Crippen LogP contribution is -2.46. The van der Waals surface area contributed by atoms with Crippen molar-refractivity contribution in [2.45, 2.75) is 57.5 Å². The zero-order valence-electron chi connectivity index (χ0n) is 12.1. The van der Waals surface area contributed by atoms with Crippen LogP contribution in [0.3, 0.4) is 0 Å². The molecule has 4 heteroatoms. The van der Waals surface area contributed by atoms with Crippen molar-refractivity contribution in [1.29, 1.82) is 0 Å². The second-order valence-corrected chi connectivity index (χ2v) is 6.60. The van der Waals surface area contributed by atoms with Crippen molar-refractivity contribution in [3.8, 4) is 0 Å². The number of amides is 1. The van der Waals surface area contributed by atoms with Crippen molar-refractivity contribution in [1.82, 2.24) is 10.6 Å². The van der Waals surface area contributed by atoms with Crippen LogP contribution in [0.5, 0.6) is 0 Å². The molecule has 0 aromatic rings. The van der Waals surface area contributed by atoms with Crippen molar-refractivity contribution < 1.29 is 9.90 Å². The van der Waals surface area contributed by atoms with Gasteiger partial charge in [0.25, 0.3) is 0 Å². The number of aliphatic hydroxyl groups is 1. The van der Waals surface area contributed by atoms with E-state index in [-0.39, 0.29) is 5.91 Å². The molecule has 1 aliphatic carbocycles. The Labute approximate surface area is 116 Å². The Hall–Kier alpha value is -0.610. The summed E-state index contributed by atoms with van der Waals surface area (Å²) in [6.45, 7) is 4.67. The zero-order chi connectivity index (χ0) is 13.7. The van der Waals surface area contributed by atoms with Crippen molar-refractivity contribution >= 4 is 5.91 Å². The normalized spacial score (nSPS) is 33.1. The van der Waals surface area contributed by atoms with Crippen LogP contribution in [0.1, 0.15) is 51.9 Å². The molecule has 110 valence electrons. The lowest BCUT2D eigenvalue weighted by atomic mass is 9.79. The molecule has 2 fully saturated rings. The smallest absolute Gasteiger partial charge is 0.220 e. The third kappa shape index (κ3) is 4.77. The van der Waals surface area contributed by atoms with Crippen LogP contribution in [0.4, 0.5) is 0 Å². The van der Waals surface area contributed by atoms with Gasteiger partial charge in [0.2, 0.25) is 5.91 Å². The number of hydrogen-bond donors (Lipinski definition) is 3. The van der Waals surface area contributed by atoms with Gasteiger partial charge in [-0.1, -0.05) is 19.8 Å². The van der Waals surface area contributed by atoms with Gasteiger partial charge < -0.3 is 15.7 Å². The molecule has 2 rings (SSSR count). The number of piperidine rings is 1. The fraction of sp³-hybridized carbons (Fsp3) is 0.933. The molecule has 3 N–H and O–H groups in total. The summed E-state index contributed by atoms with van der Waals surface area (Å²) in [5, 5.41) is 16.7. The first-order valence-electron chi connectivity index (χ1n) is 7.77. The number of nitrogens with one attached hydrogen (secondary N) is 2. The predicted octanol–water partition coefficient (Wildman–Crippen LogP) is 1.43. The summed E-state index contributed by atoms with van der Waals surface area (Å²) in [6.07, 6.45) is 6.72. The standard InChI is InChI=1S/C15H28N2O2/c1-12-3-2-6-15(19,10-12)11-17-14(18)9-13-4-7-16-8-5-13/h12-13,16,19H,2-11H2,1H3,(H,17,18). The van der Waals surface area contributed by atoms with Gasteiger partial charge in [0.05, 0.1) is 5.60 Å². The summed E-state index contributed by atoms with van der Waals surface area (Å²) in [4.78, 5) is 11.9. The summed E-state index contributed by atoms with van der Waals surface area (Å²) in [5.74, 6) is 1.19. The van der Waals surface area contributed by atoms with E-state index in [1.807, 2.05) is 0 Å². The van der Waals surface area contributed by atoms with E-state index < -0.39 is 5.60 Å². The highest BCUT2D eigenvalue weighted by atomic mass is 16.3. The van der Waals surface area contributed by atoms with E-state index in [9.17, 15) is 9.90 Å². The van der Waals surface area contributed by atoms with E-state index in [0.29, 0.717) is 24.8 Å². The molecule has 1 heterocycles. The van der Waals surface area contributed by atoms with Crippen molar-refractivity contribution in [2.75, 3.05) is 19.6 Å². The van der Waals surface area contributed by atoms with Crippen LogP contribution in [0, 0.1) is 11.8 Å². The van der Waals surface area contributed by atoms with Crippen molar-refractivity contribution in [3.05, 3.63) is 0 Å². The van der Waals surface area contributed by atoms with Crippen LogP contribution in [-0.2, 0) is 4.79 Å². The van der Waals surface area contributed by atoms with E-state index in [1.54, 1.807) is 0 Å². The molecular weight excluding hydrogens is 240 g/mol. The van der Waals surface area contributed by atoms with Gasteiger partial charge in [-0.15, -0.1) is 0 Å². The first kappa shape index (κ1) is 14.8. The molecule has 2 unspecified atom stereocenters. The predicted molar refractivity (Wildman–Crippen MR) is 75.8 cm³/mol. The average Bonchev–Trinajstić information content (AvgIpc) is 2.38. The molecule has 0 radical (unpaired) electrons. The molecule has 1 saturated heterocycles. The third-order valence-corrected chi connectivity index (χ3v) is 4.61. The third-order valence-electron chi connectivity index (χ3n) is 4.61. The molecule has 0 aromatic carbocycles. The van der Waals surface area contributed by atoms with Crippen LogP contribution >= 0.6 is 0 Å². The Morgan fingerprint density at radius 1 is 1.37 bits per heavy atom. The highest BCUT2D eigenvalue weighted by Crippen LogP contribution is 2.31. The van der Waals surface area contributed by atoms with Gasteiger partial charge in [-0.05, 0) is 50.6 Å². The van der Waals surface area contributed by atoms with Gasteiger partial charge in [0.1, 0.15) is 0 Å². The van der Waals surface area contributed by atoms with E-state index in [2.05, 4.69) is 17.6 Å². The van der Waals surface area contributed by atoms with Crippen LogP contribution in [0.2, 0.25) is 0 Å². The first-order valence-corrected chi connectivity index (χ1v) is 7.77. The minimum absolute atomic E-state index is 0.110. The van der Waals surface area contributed by atoms with Crippen LogP contribution in [0.15, 0.2) is 0 Å². The molecule has 1 aliphatic heterocycles. The minimum atomic E-state index is -0.665. The monoisotopic (exact) mass is 268 g/mol. The first-order chi connectivity index (χ1) is 9.07. The van der Waals surface area contributed by atoms with Gasteiger partial charge >= 0.3 is 0 Å². The Morgan fingerprint density at radius 2 is 2.11 bits per heavy atom. The van der Waals surface area contributed by atoms with Crippen molar-refractivity contribution in [3.63, 3.8) is 0 Å². The summed E-state index contributed by atoms with van der Waals surface area (Å²) >= 11 is 0. The van der Waals surface area contributed by atoms with E-state index in [1.165, 1.54) is 6.42 Å². The highest BCUT2D eigenvalue weighted by molar-refractivity contribution is 5.76. The van der Waals surface area contributed by atoms with Gasteiger partial charge in [0.15, 0.2) is 0 Å². The maximum absolute atomic E-state index is 11.9. The number of carbonyl (C=O) groups excluding carboxylic acids is 1. The average molecular weight is 268 g/mol. The van der Waals surface area contributed by atoms with Gasteiger partial charge in [-0.25, -0.2) is 0 Å². The molecule has 1 amide bonds. The molecule has 0 spiro atoms. The summed E-state index contributed by atoms with van der Waals surface area (Å²) in [6, 6.07) is 0. The summed E-state index contributed by atoms with van der Waals surface area (Å²) in [7, 11) is 0. The molecule has 0 aromatic heterocycles. The summed E-state index contributed by atoms with van der Waals surface area (Å²) < 4.78 is 0. The van der Waals surface area contributed by atoms with E-state index in [4.69, 9.17) is 0 Å². The van der Waals surface area contributed by atoms with Gasteiger partial charge in [-0.3, -0.25) is 4.79 Å². The van der Waals surface area contributed by atoms with E-state index in [0.717, 1.165) is 45.2 Å². The van der Waals surface area contributed by atoms with Crippen LogP contribution in [0.25, 0.3) is 0 Å². The van der Waals surface area contributed by atoms with Crippen LogP contribution < -0.4 is 10.6 Å². The molecule has 0 bridgehead atoms. The molecule has 2 aliphatic rings. The molecule has 4 nitrogen and oxygen atoms in total. The molecule has 1 saturated carbocycles. The highest BCUT2D eigenvalue weighted by Gasteiger charge is 2.32. The fourth-order valence-electron chi connectivity index (χ4n) is 3.48. The van der Waals surface area contributed by atoms with Crippen LogP contribution in [-0.4, -0.2) is 36.2 Å². The Bertz CT molecular complexity index is 303. The lowest BCUT2D eigenvalue weighted by Gasteiger charge is -2.35. The lowest BCUT2D eigenvalue weighted by molar-refractivity contribution is -0.124. The number of rotatable bonds is 4. The number of hydrogen-bond acceptors (Lipinski definition) is 3. The maximum Gasteiger partial charge on any atom is 0.220 e. The largest absolute Gasteiger partial charge is 0.388 e. The second kappa shape index (κ2) is 6.71. The van der Waals surface area contributed by atoms with Gasteiger partial charge in [-0.2, -0.15) is 0 Å². The summed E-state index contributed by atoms with van der Waals surface area (Å²) in [5.41, 5.74) is -0.665. The van der Waals surface area contributed by atoms with Gasteiger partial charge in [0, 0.05) is 13.0 Å². The fourth-order valence-corrected chi connectivity index (χ4v) is 3.48. The maximum atomic E-state index is 11.9. The minimum Gasteiger partial charge on any atom is -0.388 e. The second-order valence-electron chi connectivity index (χ2n) is 6.60. The quantitative estimate of drug-likeness (QED) is 0.723. The molecule has 19 heavy (non-hydrogen) atoms.